The lowest BCUT2D eigenvalue weighted by atomic mass is 10.2. The van der Waals surface area contributed by atoms with Gasteiger partial charge in [-0.3, -0.25) is 9.78 Å². The fourth-order valence-electron chi connectivity index (χ4n) is 3.08. The first kappa shape index (κ1) is 14.8. The lowest BCUT2D eigenvalue weighted by molar-refractivity contribution is 0.0552. The summed E-state index contributed by atoms with van der Waals surface area (Å²) in [6.07, 6.45) is 1.61. The highest BCUT2D eigenvalue weighted by Gasteiger charge is 2.24. The molecule has 0 radical (unpaired) electrons. The molecule has 3 aromatic rings. The smallest absolute Gasteiger partial charge is 0.269 e. The van der Waals surface area contributed by atoms with E-state index in [9.17, 15) is 4.79 Å². The number of aromatic nitrogens is 3. The number of hydrogen-bond donors (Lipinski definition) is 1. The maximum Gasteiger partial charge on any atom is 0.269 e. The number of amides is 1. The predicted octanol–water partition coefficient (Wildman–Crippen LogP) is 2.24. The largest absolute Gasteiger partial charge is 0.371 e. The predicted molar refractivity (Wildman–Crippen MR) is 89.7 cm³/mol. The third-order valence-electron chi connectivity index (χ3n) is 4.22. The zero-order valence-corrected chi connectivity index (χ0v) is 13.4. The molecule has 3 heterocycles. The molecule has 1 aromatic carbocycles. The van der Waals surface area contributed by atoms with Crippen LogP contribution >= 0.6 is 0 Å². The highest BCUT2D eigenvalue weighted by Crippen LogP contribution is 2.26. The SMILES string of the molecule is Cc1ccc2c(c1)nc1n2[C@@H](CNC(=O)c2ccccn2)COC1. The first-order valence-corrected chi connectivity index (χ1v) is 7.97. The number of imidazole rings is 1. The number of ether oxygens (including phenoxy) is 1. The van der Waals surface area contributed by atoms with Crippen LogP contribution in [0.2, 0.25) is 0 Å². The molecule has 0 aliphatic carbocycles. The minimum atomic E-state index is -0.178. The van der Waals surface area contributed by atoms with Gasteiger partial charge in [-0.25, -0.2) is 4.98 Å². The van der Waals surface area contributed by atoms with Crippen molar-refractivity contribution in [1.82, 2.24) is 19.9 Å². The molecule has 0 saturated carbocycles. The molecule has 0 unspecified atom stereocenters. The average Bonchev–Trinajstić information content (AvgIpc) is 2.98. The summed E-state index contributed by atoms with van der Waals surface area (Å²) in [6, 6.07) is 11.6. The summed E-state index contributed by atoms with van der Waals surface area (Å²) in [4.78, 5) is 20.9. The topological polar surface area (TPSA) is 69.0 Å². The molecular formula is C18H18N4O2. The second-order valence-corrected chi connectivity index (χ2v) is 5.98. The fraction of sp³-hybridized carbons (Fsp3) is 0.278. The van der Waals surface area contributed by atoms with Crippen LogP contribution in [0, 0.1) is 6.92 Å². The molecule has 1 aliphatic rings. The Morgan fingerprint density at radius 2 is 2.29 bits per heavy atom. The molecule has 24 heavy (non-hydrogen) atoms. The van der Waals surface area contributed by atoms with E-state index < -0.39 is 0 Å². The molecule has 0 saturated heterocycles. The second kappa shape index (κ2) is 6.05. The van der Waals surface area contributed by atoms with Gasteiger partial charge in [0, 0.05) is 12.7 Å². The summed E-state index contributed by atoms with van der Waals surface area (Å²) in [5, 5.41) is 2.95. The lowest BCUT2D eigenvalue weighted by Gasteiger charge is -2.26. The molecule has 122 valence electrons. The van der Waals surface area contributed by atoms with Gasteiger partial charge < -0.3 is 14.6 Å². The first-order chi connectivity index (χ1) is 11.7. The third-order valence-corrected chi connectivity index (χ3v) is 4.22. The van der Waals surface area contributed by atoms with Gasteiger partial charge in [-0.15, -0.1) is 0 Å². The number of aryl methyl sites for hydroxylation is 1. The van der Waals surface area contributed by atoms with Crippen LogP contribution in [0.4, 0.5) is 0 Å². The number of nitrogens with zero attached hydrogens (tertiary/aromatic N) is 3. The summed E-state index contributed by atoms with van der Waals surface area (Å²) in [7, 11) is 0. The summed E-state index contributed by atoms with van der Waals surface area (Å²) in [5.41, 5.74) is 3.65. The van der Waals surface area contributed by atoms with Crippen LogP contribution in [0.1, 0.15) is 27.9 Å². The Kier molecular flexibility index (Phi) is 3.74. The molecule has 0 spiro atoms. The van der Waals surface area contributed by atoms with Crippen molar-refractivity contribution < 1.29 is 9.53 Å². The van der Waals surface area contributed by atoms with E-state index in [4.69, 9.17) is 4.74 Å². The van der Waals surface area contributed by atoms with Gasteiger partial charge in [0.2, 0.25) is 0 Å². The Morgan fingerprint density at radius 1 is 1.38 bits per heavy atom. The molecule has 1 atom stereocenters. The Hall–Kier alpha value is -2.73. The molecule has 1 N–H and O–H groups in total. The van der Waals surface area contributed by atoms with E-state index in [0.717, 1.165) is 16.9 Å². The van der Waals surface area contributed by atoms with Crippen molar-refractivity contribution in [1.29, 1.82) is 0 Å². The van der Waals surface area contributed by atoms with E-state index in [2.05, 4.69) is 45.0 Å². The van der Waals surface area contributed by atoms with Crippen LogP contribution in [0.15, 0.2) is 42.6 Å². The normalized spacial score (nSPS) is 16.8. The molecular weight excluding hydrogens is 304 g/mol. The fourth-order valence-corrected chi connectivity index (χ4v) is 3.08. The number of rotatable bonds is 3. The highest BCUT2D eigenvalue weighted by atomic mass is 16.5. The number of hydrogen-bond acceptors (Lipinski definition) is 4. The standard InChI is InChI=1S/C18H18N4O2/c1-12-5-6-16-15(8-12)21-17-11-24-10-13(22(16)17)9-20-18(23)14-4-2-3-7-19-14/h2-8,13H,9-11H2,1H3,(H,20,23)/t13-/m0/s1. The minimum Gasteiger partial charge on any atom is -0.371 e. The van der Waals surface area contributed by atoms with Crippen molar-refractivity contribution in [3.05, 3.63) is 59.7 Å². The van der Waals surface area contributed by atoms with Crippen molar-refractivity contribution in [2.24, 2.45) is 0 Å². The van der Waals surface area contributed by atoms with Crippen LogP contribution in [0.5, 0.6) is 0 Å². The molecule has 6 heteroatoms. The van der Waals surface area contributed by atoms with Gasteiger partial charge in [0.05, 0.1) is 23.7 Å². The van der Waals surface area contributed by atoms with Crippen LogP contribution in [-0.4, -0.2) is 33.6 Å². The van der Waals surface area contributed by atoms with Crippen LogP contribution in [0.25, 0.3) is 11.0 Å². The zero-order valence-electron chi connectivity index (χ0n) is 13.4. The lowest BCUT2D eigenvalue weighted by Crippen LogP contribution is -2.36. The van der Waals surface area contributed by atoms with Crippen molar-refractivity contribution in [3.63, 3.8) is 0 Å². The van der Waals surface area contributed by atoms with Gasteiger partial charge in [0.15, 0.2) is 0 Å². The van der Waals surface area contributed by atoms with Crippen LogP contribution in [-0.2, 0) is 11.3 Å². The molecule has 0 bridgehead atoms. The summed E-state index contributed by atoms with van der Waals surface area (Å²) >= 11 is 0. The van der Waals surface area contributed by atoms with Crippen molar-refractivity contribution in [2.45, 2.75) is 19.6 Å². The quantitative estimate of drug-likeness (QED) is 0.803. The number of carbonyl (C=O) groups excluding carboxylic acids is 1. The average molecular weight is 322 g/mol. The van der Waals surface area contributed by atoms with Gasteiger partial charge in [-0.05, 0) is 36.8 Å². The summed E-state index contributed by atoms with van der Waals surface area (Å²) < 4.78 is 7.83. The number of benzene rings is 1. The molecule has 1 amide bonds. The van der Waals surface area contributed by atoms with Crippen molar-refractivity contribution in [3.8, 4) is 0 Å². The monoisotopic (exact) mass is 322 g/mol. The second-order valence-electron chi connectivity index (χ2n) is 5.98. The minimum absolute atomic E-state index is 0.0223. The number of carbonyl (C=O) groups is 1. The van der Waals surface area contributed by atoms with E-state index in [1.165, 1.54) is 5.56 Å². The molecule has 4 rings (SSSR count). The summed E-state index contributed by atoms with van der Waals surface area (Å²) in [6.45, 7) is 3.58. The highest BCUT2D eigenvalue weighted by molar-refractivity contribution is 5.92. The maximum absolute atomic E-state index is 12.2. The number of nitrogens with one attached hydrogen (secondary N) is 1. The van der Waals surface area contributed by atoms with E-state index in [1.807, 2.05) is 0 Å². The molecule has 1 aliphatic heterocycles. The van der Waals surface area contributed by atoms with E-state index in [1.54, 1.807) is 24.4 Å². The Bertz CT molecular complexity index is 889. The Morgan fingerprint density at radius 3 is 3.12 bits per heavy atom. The Balaban J connectivity index is 1.58. The molecule has 6 nitrogen and oxygen atoms in total. The van der Waals surface area contributed by atoms with Gasteiger partial charge in [-0.2, -0.15) is 0 Å². The van der Waals surface area contributed by atoms with E-state index in [0.29, 0.717) is 25.5 Å². The van der Waals surface area contributed by atoms with Crippen LogP contribution in [0.3, 0.4) is 0 Å². The van der Waals surface area contributed by atoms with Gasteiger partial charge in [0.1, 0.15) is 18.1 Å². The van der Waals surface area contributed by atoms with Crippen molar-refractivity contribution in [2.75, 3.05) is 13.2 Å². The van der Waals surface area contributed by atoms with Crippen LogP contribution < -0.4 is 5.32 Å². The third kappa shape index (κ3) is 2.65. The maximum atomic E-state index is 12.2. The Labute approximate surface area is 139 Å². The van der Waals surface area contributed by atoms with Gasteiger partial charge in [-0.1, -0.05) is 12.1 Å². The number of fused-ring (bicyclic) bond motifs is 3. The van der Waals surface area contributed by atoms with E-state index >= 15 is 0 Å². The first-order valence-electron chi connectivity index (χ1n) is 7.97. The van der Waals surface area contributed by atoms with E-state index in [-0.39, 0.29) is 11.9 Å². The molecule has 2 aromatic heterocycles. The summed E-state index contributed by atoms with van der Waals surface area (Å²) in [5.74, 6) is 0.724. The van der Waals surface area contributed by atoms with Crippen molar-refractivity contribution >= 4 is 16.9 Å². The number of pyridine rings is 1. The molecule has 0 fully saturated rings. The van der Waals surface area contributed by atoms with Gasteiger partial charge in [0.25, 0.3) is 5.91 Å². The van der Waals surface area contributed by atoms with Gasteiger partial charge >= 0.3 is 0 Å². The zero-order chi connectivity index (χ0) is 16.5.